The van der Waals surface area contributed by atoms with Crippen molar-refractivity contribution >= 4 is 5.69 Å². The molecule has 1 unspecified atom stereocenters. The van der Waals surface area contributed by atoms with Gasteiger partial charge in [-0.15, -0.1) is 0 Å². The van der Waals surface area contributed by atoms with E-state index in [9.17, 15) is 14.6 Å². The van der Waals surface area contributed by atoms with Gasteiger partial charge in [0.15, 0.2) is 0 Å². The number of aliphatic hydroxyl groups is 2. The fourth-order valence-electron chi connectivity index (χ4n) is 2.70. The third-order valence-electron chi connectivity index (χ3n) is 3.85. The molecule has 0 radical (unpaired) electrons. The van der Waals surface area contributed by atoms with Gasteiger partial charge in [-0.05, 0) is 37.5 Å². The normalized spacial score (nSPS) is 22.1. The minimum atomic E-state index is -0.665. The largest absolute Gasteiger partial charge is 0.394 e. The Labute approximate surface area is 113 Å². The summed E-state index contributed by atoms with van der Waals surface area (Å²) < 4.78 is 14.2. The van der Waals surface area contributed by atoms with Crippen LogP contribution in [0.3, 0.4) is 0 Å². The SMILES string of the molecule is C[C@@H](O)c1ccc(N2CCCCCC2CO)c(F)c1. The van der Waals surface area contributed by atoms with Crippen molar-refractivity contribution in [2.45, 2.75) is 44.8 Å². The number of hydrogen-bond donors (Lipinski definition) is 2. The molecular formula is C15H22FNO2. The molecule has 1 aliphatic heterocycles. The number of anilines is 1. The van der Waals surface area contributed by atoms with E-state index in [1.165, 1.54) is 6.07 Å². The Morgan fingerprint density at radius 3 is 2.79 bits per heavy atom. The first-order valence-corrected chi connectivity index (χ1v) is 6.98. The summed E-state index contributed by atoms with van der Waals surface area (Å²) in [6.45, 7) is 2.45. The molecule has 0 aliphatic carbocycles. The van der Waals surface area contributed by atoms with E-state index in [0.29, 0.717) is 11.3 Å². The topological polar surface area (TPSA) is 43.7 Å². The highest BCUT2D eigenvalue weighted by Crippen LogP contribution is 2.28. The second-order valence-corrected chi connectivity index (χ2v) is 5.27. The molecule has 0 bridgehead atoms. The highest BCUT2D eigenvalue weighted by molar-refractivity contribution is 5.50. The fourth-order valence-corrected chi connectivity index (χ4v) is 2.70. The van der Waals surface area contributed by atoms with E-state index in [4.69, 9.17) is 0 Å². The van der Waals surface area contributed by atoms with E-state index in [-0.39, 0.29) is 18.5 Å². The van der Waals surface area contributed by atoms with Crippen LogP contribution in [0.5, 0.6) is 0 Å². The van der Waals surface area contributed by atoms with Gasteiger partial charge in [0.1, 0.15) is 5.82 Å². The summed E-state index contributed by atoms with van der Waals surface area (Å²) in [5.41, 5.74) is 1.11. The zero-order valence-corrected chi connectivity index (χ0v) is 11.3. The average Bonchev–Trinajstić information content (AvgIpc) is 2.63. The molecule has 0 aromatic heterocycles. The van der Waals surface area contributed by atoms with Gasteiger partial charge in [0, 0.05) is 6.54 Å². The summed E-state index contributed by atoms with van der Waals surface area (Å²) in [5, 5.41) is 18.9. The Hall–Kier alpha value is -1.13. The van der Waals surface area contributed by atoms with Crippen molar-refractivity contribution in [1.29, 1.82) is 0 Å². The quantitative estimate of drug-likeness (QED) is 0.884. The number of hydrogen-bond acceptors (Lipinski definition) is 3. The van der Waals surface area contributed by atoms with Crippen molar-refractivity contribution in [2.24, 2.45) is 0 Å². The number of aliphatic hydroxyl groups excluding tert-OH is 2. The molecule has 19 heavy (non-hydrogen) atoms. The van der Waals surface area contributed by atoms with Crippen LogP contribution in [0.4, 0.5) is 10.1 Å². The lowest BCUT2D eigenvalue weighted by Crippen LogP contribution is -2.38. The van der Waals surface area contributed by atoms with Crippen molar-refractivity contribution in [3.8, 4) is 0 Å². The molecule has 4 heteroatoms. The molecule has 1 heterocycles. The lowest BCUT2D eigenvalue weighted by molar-refractivity contribution is 0.199. The maximum Gasteiger partial charge on any atom is 0.146 e. The molecule has 2 N–H and O–H groups in total. The smallest absolute Gasteiger partial charge is 0.146 e. The Balaban J connectivity index is 2.28. The van der Waals surface area contributed by atoms with E-state index >= 15 is 0 Å². The molecule has 2 rings (SSSR count). The molecule has 0 amide bonds. The molecule has 1 saturated heterocycles. The van der Waals surface area contributed by atoms with Crippen molar-refractivity contribution in [3.05, 3.63) is 29.6 Å². The predicted molar refractivity (Wildman–Crippen MR) is 73.7 cm³/mol. The maximum atomic E-state index is 14.2. The molecule has 1 fully saturated rings. The number of rotatable bonds is 3. The molecule has 106 valence electrons. The van der Waals surface area contributed by atoms with Gasteiger partial charge in [-0.1, -0.05) is 18.9 Å². The predicted octanol–water partition coefficient (Wildman–Crippen LogP) is 2.62. The summed E-state index contributed by atoms with van der Waals surface area (Å²) in [6, 6.07) is 4.85. The van der Waals surface area contributed by atoms with Crippen LogP contribution in [0, 0.1) is 5.82 Å². The summed E-state index contributed by atoms with van der Waals surface area (Å²) in [6.07, 6.45) is 3.46. The van der Waals surface area contributed by atoms with Crippen LogP contribution in [0.15, 0.2) is 18.2 Å². The fraction of sp³-hybridized carbons (Fsp3) is 0.600. The average molecular weight is 267 g/mol. The summed E-state index contributed by atoms with van der Waals surface area (Å²) in [5.74, 6) is -0.321. The van der Waals surface area contributed by atoms with Gasteiger partial charge in [-0.25, -0.2) is 4.39 Å². The van der Waals surface area contributed by atoms with Gasteiger partial charge in [-0.2, -0.15) is 0 Å². The van der Waals surface area contributed by atoms with Crippen LogP contribution >= 0.6 is 0 Å². The van der Waals surface area contributed by atoms with Crippen LogP contribution in [-0.4, -0.2) is 29.4 Å². The zero-order valence-electron chi connectivity index (χ0n) is 11.3. The Morgan fingerprint density at radius 2 is 2.16 bits per heavy atom. The highest BCUT2D eigenvalue weighted by atomic mass is 19.1. The van der Waals surface area contributed by atoms with E-state index in [1.807, 2.05) is 4.90 Å². The van der Waals surface area contributed by atoms with E-state index < -0.39 is 6.10 Å². The highest BCUT2D eigenvalue weighted by Gasteiger charge is 2.23. The summed E-state index contributed by atoms with van der Waals surface area (Å²) in [4.78, 5) is 1.97. The van der Waals surface area contributed by atoms with Crippen LogP contribution in [0.1, 0.15) is 44.3 Å². The first-order chi connectivity index (χ1) is 9.13. The zero-order chi connectivity index (χ0) is 13.8. The standard InChI is InChI=1S/C15H22FNO2/c1-11(19)12-6-7-15(14(16)9-12)17-8-4-2-3-5-13(17)10-18/h6-7,9,11,13,18-19H,2-5,8,10H2,1H3/t11-,13?/m1/s1. The van der Waals surface area contributed by atoms with Gasteiger partial charge in [0.05, 0.1) is 24.4 Å². The van der Waals surface area contributed by atoms with Gasteiger partial charge in [-0.3, -0.25) is 0 Å². The molecule has 2 atom stereocenters. The number of nitrogens with zero attached hydrogens (tertiary/aromatic N) is 1. The van der Waals surface area contributed by atoms with Crippen molar-refractivity contribution in [2.75, 3.05) is 18.1 Å². The lowest BCUT2D eigenvalue weighted by atomic mass is 10.1. The van der Waals surface area contributed by atoms with Gasteiger partial charge < -0.3 is 15.1 Å². The minimum absolute atomic E-state index is 0.00519. The molecule has 1 aromatic rings. The lowest BCUT2D eigenvalue weighted by Gasteiger charge is -2.31. The van der Waals surface area contributed by atoms with Gasteiger partial charge >= 0.3 is 0 Å². The van der Waals surface area contributed by atoms with Gasteiger partial charge in [0.25, 0.3) is 0 Å². The number of benzene rings is 1. The molecule has 1 aliphatic rings. The molecule has 0 spiro atoms. The van der Waals surface area contributed by atoms with Crippen LogP contribution in [0.25, 0.3) is 0 Å². The third kappa shape index (κ3) is 3.25. The molecule has 1 aromatic carbocycles. The van der Waals surface area contributed by atoms with E-state index in [1.54, 1.807) is 19.1 Å². The van der Waals surface area contributed by atoms with E-state index in [2.05, 4.69) is 0 Å². The Morgan fingerprint density at radius 1 is 1.37 bits per heavy atom. The van der Waals surface area contributed by atoms with Crippen LogP contribution in [0.2, 0.25) is 0 Å². The van der Waals surface area contributed by atoms with Crippen LogP contribution in [-0.2, 0) is 0 Å². The second-order valence-electron chi connectivity index (χ2n) is 5.27. The van der Waals surface area contributed by atoms with Crippen LogP contribution < -0.4 is 4.90 Å². The Bertz CT molecular complexity index is 423. The summed E-state index contributed by atoms with van der Waals surface area (Å²) in [7, 11) is 0. The molecular weight excluding hydrogens is 245 g/mol. The second kappa shape index (κ2) is 6.35. The van der Waals surface area contributed by atoms with E-state index in [0.717, 1.165) is 32.2 Å². The van der Waals surface area contributed by atoms with Crippen molar-refractivity contribution in [3.63, 3.8) is 0 Å². The first-order valence-electron chi connectivity index (χ1n) is 6.98. The monoisotopic (exact) mass is 267 g/mol. The Kier molecular flexibility index (Phi) is 4.77. The maximum absolute atomic E-state index is 14.2. The summed E-state index contributed by atoms with van der Waals surface area (Å²) >= 11 is 0. The molecule has 0 saturated carbocycles. The number of halogens is 1. The minimum Gasteiger partial charge on any atom is -0.394 e. The van der Waals surface area contributed by atoms with Gasteiger partial charge in [0.2, 0.25) is 0 Å². The first kappa shape index (κ1) is 14.3. The molecule has 3 nitrogen and oxygen atoms in total. The van der Waals surface area contributed by atoms with Crippen molar-refractivity contribution in [1.82, 2.24) is 0 Å². The third-order valence-corrected chi connectivity index (χ3v) is 3.85. The van der Waals surface area contributed by atoms with Crippen molar-refractivity contribution < 1.29 is 14.6 Å².